The molecule has 2 heterocycles. The third-order valence-corrected chi connectivity index (χ3v) is 4.47. The molecule has 0 radical (unpaired) electrons. The lowest BCUT2D eigenvalue weighted by atomic mass is 10.2. The number of nitrogens with zero attached hydrogens (tertiary/aromatic N) is 3. The second kappa shape index (κ2) is 9.20. The zero-order valence-corrected chi connectivity index (χ0v) is 15.7. The number of rotatable bonds is 5. The first kappa shape index (κ1) is 19.7. The molecule has 1 aliphatic heterocycles. The van der Waals surface area contributed by atoms with Crippen molar-refractivity contribution in [1.82, 2.24) is 25.3 Å². The van der Waals surface area contributed by atoms with Crippen molar-refractivity contribution in [3.8, 4) is 5.69 Å². The van der Waals surface area contributed by atoms with Crippen LogP contribution >= 0.6 is 24.0 Å². The summed E-state index contributed by atoms with van der Waals surface area (Å²) in [5.41, 5.74) is 2.24. The van der Waals surface area contributed by atoms with E-state index < -0.39 is 0 Å². The van der Waals surface area contributed by atoms with Gasteiger partial charge in [0.15, 0.2) is 0 Å². The summed E-state index contributed by atoms with van der Waals surface area (Å²) in [6, 6.07) is 7.42. The molecule has 1 aliphatic rings. The summed E-state index contributed by atoms with van der Waals surface area (Å²) >= 11 is 6.03. The highest BCUT2D eigenvalue weighted by atomic mass is 35.5. The Morgan fingerprint density at radius 1 is 1.36 bits per heavy atom. The van der Waals surface area contributed by atoms with Crippen LogP contribution in [0.2, 0.25) is 5.02 Å². The fourth-order valence-corrected chi connectivity index (χ4v) is 3.04. The lowest BCUT2D eigenvalue weighted by Crippen LogP contribution is -2.46. The van der Waals surface area contributed by atoms with Crippen LogP contribution < -0.4 is 10.6 Å². The van der Waals surface area contributed by atoms with Gasteiger partial charge in [0.25, 0.3) is 5.91 Å². The first-order valence-electron chi connectivity index (χ1n) is 8.17. The number of halogens is 2. The van der Waals surface area contributed by atoms with Crippen LogP contribution in [0.15, 0.2) is 30.5 Å². The normalized spacial score (nSPS) is 14.8. The van der Waals surface area contributed by atoms with Gasteiger partial charge in [-0.1, -0.05) is 17.7 Å². The highest BCUT2D eigenvalue weighted by molar-refractivity contribution is 6.30. The van der Waals surface area contributed by atoms with E-state index in [9.17, 15) is 4.79 Å². The summed E-state index contributed by atoms with van der Waals surface area (Å²) < 4.78 is 1.73. The first-order chi connectivity index (χ1) is 11.6. The topological polar surface area (TPSA) is 62.2 Å². The predicted molar refractivity (Wildman–Crippen MR) is 102 cm³/mol. The zero-order chi connectivity index (χ0) is 16.9. The minimum absolute atomic E-state index is 0. The maximum Gasteiger partial charge on any atom is 0.254 e. The molecule has 2 N–H and O–H groups in total. The second-order valence-corrected chi connectivity index (χ2v) is 6.32. The first-order valence-corrected chi connectivity index (χ1v) is 8.55. The molecule has 3 rings (SSSR count). The highest BCUT2D eigenvalue weighted by Crippen LogP contribution is 2.17. The lowest BCUT2D eigenvalue weighted by Gasteiger charge is -2.27. The number of amides is 1. The number of carbonyl (C=O) groups excluding carboxylic acids is 1. The zero-order valence-electron chi connectivity index (χ0n) is 14.2. The summed E-state index contributed by atoms with van der Waals surface area (Å²) in [5.74, 6) is -0.0871. The number of nitrogens with one attached hydrogen (secondary N) is 2. The summed E-state index contributed by atoms with van der Waals surface area (Å²) in [6.07, 6.45) is 1.61. The average molecular weight is 384 g/mol. The molecule has 1 aromatic carbocycles. The molecule has 0 atom stereocenters. The maximum absolute atomic E-state index is 12.4. The van der Waals surface area contributed by atoms with Crippen molar-refractivity contribution in [1.29, 1.82) is 0 Å². The van der Waals surface area contributed by atoms with Crippen LogP contribution in [0.25, 0.3) is 5.69 Å². The molecule has 1 aromatic heterocycles. The Hall–Kier alpha value is -1.60. The third-order valence-electron chi connectivity index (χ3n) is 4.23. The molecule has 25 heavy (non-hydrogen) atoms. The molecule has 2 aromatic rings. The number of benzene rings is 1. The van der Waals surface area contributed by atoms with Crippen LogP contribution in [-0.2, 0) is 0 Å². The lowest BCUT2D eigenvalue weighted by molar-refractivity contribution is 0.0946. The molecule has 136 valence electrons. The average Bonchev–Trinajstić information content (AvgIpc) is 2.97. The van der Waals surface area contributed by atoms with Gasteiger partial charge < -0.3 is 10.6 Å². The van der Waals surface area contributed by atoms with E-state index in [2.05, 4.69) is 20.6 Å². The Morgan fingerprint density at radius 2 is 2.12 bits per heavy atom. The SMILES string of the molecule is Cc1c(C(=O)NCCN2CCNCC2)cnn1-c1cccc(Cl)c1.Cl. The van der Waals surface area contributed by atoms with E-state index in [1.54, 1.807) is 10.9 Å². The Labute approximate surface area is 158 Å². The molecule has 6 nitrogen and oxygen atoms in total. The minimum atomic E-state index is -0.0871. The second-order valence-electron chi connectivity index (χ2n) is 5.88. The van der Waals surface area contributed by atoms with Gasteiger partial charge in [0.1, 0.15) is 0 Å². The largest absolute Gasteiger partial charge is 0.351 e. The summed E-state index contributed by atoms with van der Waals surface area (Å²) in [7, 11) is 0. The van der Waals surface area contributed by atoms with Gasteiger partial charge in [-0.3, -0.25) is 9.69 Å². The number of carbonyl (C=O) groups is 1. The van der Waals surface area contributed by atoms with Crippen LogP contribution in [0.3, 0.4) is 0 Å². The molecule has 0 aliphatic carbocycles. The number of hydrogen-bond acceptors (Lipinski definition) is 4. The van der Waals surface area contributed by atoms with E-state index in [1.165, 1.54) is 0 Å². The molecular weight excluding hydrogens is 361 g/mol. The van der Waals surface area contributed by atoms with Crippen molar-refractivity contribution in [3.63, 3.8) is 0 Å². The molecule has 0 spiro atoms. The van der Waals surface area contributed by atoms with Crippen molar-refractivity contribution in [3.05, 3.63) is 46.7 Å². The Kier molecular flexibility index (Phi) is 7.25. The molecule has 0 bridgehead atoms. The van der Waals surface area contributed by atoms with Crippen molar-refractivity contribution in [2.75, 3.05) is 39.3 Å². The number of hydrogen-bond donors (Lipinski definition) is 2. The molecule has 1 amide bonds. The van der Waals surface area contributed by atoms with Crippen molar-refractivity contribution < 1.29 is 4.79 Å². The van der Waals surface area contributed by atoms with Gasteiger partial charge in [-0.15, -0.1) is 12.4 Å². The van der Waals surface area contributed by atoms with Gasteiger partial charge in [0.2, 0.25) is 0 Å². The standard InChI is InChI=1S/C17H22ClN5O.ClH/c1-13-16(12-21-23(13)15-4-2-3-14(18)11-15)17(24)20-7-10-22-8-5-19-6-9-22;/h2-4,11-12,19H,5-10H2,1H3,(H,20,24);1H. The van der Waals surface area contributed by atoms with E-state index in [4.69, 9.17) is 11.6 Å². The van der Waals surface area contributed by atoms with Crippen LogP contribution in [0.1, 0.15) is 16.1 Å². The summed E-state index contributed by atoms with van der Waals surface area (Å²) in [6.45, 7) is 7.48. The van der Waals surface area contributed by atoms with Crippen LogP contribution in [0.4, 0.5) is 0 Å². The number of aromatic nitrogens is 2. The van der Waals surface area contributed by atoms with Gasteiger partial charge >= 0.3 is 0 Å². The quantitative estimate of drug-likeness (QED) is 0.827. The molecule has 1 fully saturated rings. The molecule has 0 saturated carbocycles. The van der Waals surface area contributed by atoms with Gasteiger partial charge in [-0.05, 0) is 25.1 Å². The predicted octanol–water partition coefficient (Wildman–Crippen LogP) is 1.89. The van der Waals surface area contributed by atoms with Crippen molar-refractivity contribution >= 4 is 29.9 Å². The van der Waals surface area contributed by atoms with Gasteiger partial charge in [-0.25, -0.2) is 4.68 Å². The third kappa shape index (κ3) is 4.95. The molecule has 1 saturated heterocycles. The van der Waals surface area contributed by atoms with Gasteiger partial charge in [-0.2, -0.15) is 5.10 Å². The van der Waals surface area contributed by atoms with Crippen molar-refractivity contribution in [2.24, 2.45) is 0 Å². The van der Waals surface area contributed by atoms with E-state index in [0.29, 0.717) is 17.1 Å². The van der Waals surface area contributed by atoms with E-state index >= 15 is 0 Å². The van der Waals surface area contributed by atoms with Crippen LogP contribution in [0.5, 0.6) is 0 Å². The maximum atomic E-state index is 12.4. The summed E-state index contributed by atoms with van der Waals surface area (Å²) in [4.78, 5) is 14.7. The molecular formula is C17H23Cl2N5O. The Bertz CT molecular complexity index is 713. The van der Waals surface area contributed by atoms with E-state index in [-0.39, 0.29) is 18.3 Å². The van der Waals surface area contributed by atoms with Gasteiger partial charge in [0.05, 0.1) is 23.1 Å². The molecule has 8 heteroatoms. The Morgan fingerprint density at radius 3 is 2.84 bits per heavy atom. The Balaban J connectivity index is 0.00000225. The van der Waals surface area contributed by atoms with Crippen LogP contribution in [0, 0.1) is 6.92 Å². The fraction of sp³-hybridized carbons (Fsp3) is 0.412. The number of piperazine rings is 1. The summed E-state index contributed by atoms with van der Waals surface area (Å²) in [5, 5.41) is 11.3. The highest BCUT2D eigenvalue weighted by Gasteiger charge is 2.16. The van der Waals surface area contributed by atoms with E-state index in [0.717, 1.165) is 44.1 Å². The monoisotopic (exact) mass is 383 g/mol. The smallest absolute Gasteiger partial charge is 0.254 e. The van der Waals surface area contributed by atoms with Gasteiger partial charge in [0, 0.05) is 44.3 Å². The minimum Gasteiger partial charge on any atom is -0.351 e. The fourth-order valence-electron chi connectivity index (χ4n) is 2.86. The van der Waals surface area contributed by atoms with Crippen molar-refractivity contribution in [2.45, 2.75) is 6.92 Å². The van der Waals surface area contributed by atoms with E-state index in [1.807, 2.05) is 31.2 Å². The molecule has 0 unspecified atom stereocenters. The van der Waals surface area contributed by atoms with Crippen LogP contribution in [-0.4, -0.2) is 59.9 Å².